The first-order chi connectivity index (χ1) is 12.9. The second-order valence-electron chi connectivity index (χ2n) is 5.72. The Morgan fingerprint density at radius 2 is 1.59 bits per heavy atom. The van der Waals surface area contributed by atoms with Gasteiger partial charge in [0.25, 0.3) is 5.91 Å². The number of anilines is 2. The Morgan fingerprint density at radius 1 is 0.926 bits per heavy atom. The van der Waals surface area contributed by atoms with Crippen molar-refractivity contribution in [2.75, 3.05) is 17.2 Å². The van der Waals surface area contributed by atoms with E-state index in [4.69, 9.17) is 4.74 Å². The highest BCUT2D eigenvalue weighted by Gasteiger charge is 2.11. The van der Waals surface area contributed by atoms with Gasteiger partial charge in [0.15, 0.2) is 6.61 Å². The molecule has 3 rings (SSSR count). The average Bonchev–Trinajstić information content (AvgIpc) is 2.99. The molecule has 0 saturated heterocycles. The number of H-pyrrole nitrogens is 2. The minimum atomic E-state index is -0.662. The lowest BCUT2D eigenvalue weighted by Crippen LogP contribution is -2.20. The van der Waals surface area contributed by atoms with Gasteiger partial charge in [0, 0.05) is 18.3 Å². The van der Waals surface area contributed by atoms with Gasteiger partial charge < -0.3 is 25.3 Å². The van der Waals surface area contributed by atoms with Crippen LogP contribution in [0.1, 0.15) is 17.3 Å². The van der Waals surface area contributed by atoms with E-state index in [1.807, 2.05) is 0 Å². The fourth-order valence-electron chi connectivity index (χ4n) is 2.41. The summed E-state index contributed by atoms with van der Waals surface area (Å²) in [6, 6.07) is 10.9. The topological polar surface area (TPSA) is 133 Å². The normalized spacial score (nSPS) is 10.4. The summed E-state index contributed by atoms with van der Waals surface area (Å²) in [7, 11) is 0. The molecule has 138 valence electrons. The molecule has 3 aromatic rings. The van der Waals surface area contributed by atoms with Crippen molar-refractivity contribution >= 4 is 40.2 Å². The third-order valence-corrected chi connectivity index (χ3v) is 3.58. The van der Waals surface area contributed by atoms with E-state index in [1.54, 1.807) is 30.3 Å². The van der Waals surface area contributed by atoms with Crippen LogP contribution in [0.2, 0.25) is 0 Å². The van der Waals surface area contributed by atoms with Crippen LogP contribution in [0.3, 0.4) is 0 Å². The monoisotopic (exact) mass is 368 g/mol. The van der Waals surface area contributed by atoms with Crippen LogP contribution < -0.4 is 16.3 Å². The first-order valence-electron chi connectivity index (χ1n) is 7.97. The van der Waals surface area contributed by atoms with Crippen molar-refractivity contribution < 1.29 is 19.1 Å². The number of aromatic nitrogens is 2. The van der Waals surface area contributed by atoms with Crippen molar-refractivity contribution in [1.29, 1.82) is 0 Å². The van der Waals surface area contributed by atoms with Crippen LogP contribution in [0.15, 0.2) is 47.3 Å². The molecule has 0 unspecified atom stereocenters. The van der Waals surface area contributed by atoms with E-state index >= 15 is 0 Å². The molecule has 0 bridgehead atoms. The van der Waals surface area contributed by atoms with Gasteiger partial charge >= 0.3 is 11.7 Å². The molecule has 0 atom stereocenters. The van der Waals surface area contributed by atoms with Crippen LogP contribution in [0.25, 0.3) is 11.0 Å². The number of amides is 2. The molecule has 0 spiro atoms. The van der Waals surface area contributed by atoms with E-state index in [2.05, 4.69) is 20.6 Å². The van der Waals surface area contributed by atoms with Crippen molar-refractivity contribution in [3.63, 3.8) is 0 Å². The number of nitrogens with one attached hydrogen (secondary N) is 4. The number of imidazole rings is 1. The van der Waals surface area contributed by atoms with Crippen LogP contribution in [0.5, 0.6) is 0 Å². The molecule has 9 nitrogen and oxygen atoms in total. The van der Waals surface area contributed by atoms with Crippen molar-refractivity contribution in [2.24, 2.45) is 0 Å². The second-order valence-corrected chi connectivity index (χ2v) is 5.72. The van der Waals surface area contributed by atoms with Crippen molar-refractivity contribution in [3.8, 4) is 0 Å². The number of fused-ring (bicyclic) bond motifs is 1. The maximum absolute atomic E-state index is 12.0. The Hall–Kier alpha value is -3.88. The first-order valence-corrected chi connectivity index (χ1v) is 7.97. The summed E-state index contributed by atoms with van der Waals surface area (Å²) in [6.45, 7) is 0.917. The SMILES string of the molecule is CC(=O)Nc1ccc(C(=O)OCC(=O)Nc2ccc3[nH]c(=O)[nH]c3c2)cc1. The molecule has 9 heteroatoms. The van der Waals surface area contributed by atoms with Crippen LogP contribution in [0, 0.1) is 0 Å². The summed E-state index contributed by atoms with van der Waals surface area (Å²) in [5.74, 6) is -1.40. The van der Waals surface area contributed by atoms with Crippen molar-refractivity contribution in [3.05, 3.63) is 58.5 Å². The quantitative estimate of drug-likeness (QED) is 0.508. The number of esters is 1. The van der Waals surface area contributed by atoms with Crippen molar-refractivity contribution in [1.82, 2.24) is 9.97 Å². The number of carbonyl (C=O) groups excluding carboxylic acids is 3. The molecule has 0 aliphatic heterocycles. The molecule has 0 fully saturated rings. The Kier molecular flexibility index (Phi) is 5.02. The van der Waals surface area contributed by atoms with Gasteiger partial charge in [0.2, 0.25) is 5.91 Å². The lowest BCUT2D eigenvalue weighted by molar-refractivity contribution is -0.119. The zero-order valence-corrected chi connectivity index (χ0v) is 14.3. The summed E-state index contributed by atoms with van der Waals surface area (Å²) in [6.07, 6.45) is 0. The lowest BCUT2D eigenvalue weighted by Gasteiger charge is -2.07. The zero-order valence-electron chi connectivity index (χ0n) is 14.3. The highest BCUT2D eigenvalue weighted by atomic mass is 16.5. The maximum atomic E-state index is 12.0. The first kappa shape index (κ1) is 17.9. The number of benzene rings is 2. The minimum Gasteiger partial charge on any atom is -0.452 e. The third kappa shape index (κ3) is 4.60. The van der Waals surface area contributed by atoms with Crippen LogP contribution in [-0.2, 0) is 14.3 Å². The molecule has 1 heterocycles. The molecule has 2 amide bonds. The minimum absolute atomic E-state index is 0.219. The van der Waals surface area contributed by atoms with E-state index in [-0.39, 0.29) is 17.2 Å². The number of rotatable bonds is 5. The van der Waals surface area contributed by atoms with Gasteiger partial charge in [-0.1, -0.05) is 0 Å². The van der Waals surface area contributed by atoms with Gasteiger partial charge in [-0.25, -0.2) is 9.59 Å². The second kappa shape index (κ2) is 7.56. The third-order valence-electron chi connectivity index (χ3n) is 3.58. The molecular weight excluding hydrogens is 352 g/mol. The lowest BCUT2D eigenvalue weighted by atomic mass is 10.2. The molecule has 0 aliphatic carbocycles. The summed E-state index contributed by atoms with van der Waals surface area (Å²) >= 11 is 0. The predicted molar refractivity (Wildman–Crippen MR) is 98.6 cm³/mol. The van der Waals surface area contributed by atoms with E-state index in [0.717, 1.165) is 0 Å². The molecule has 2 aromatic carbocycles. The highest BCUT2D eigenvalue weighted by Crippen LogP contribution is 2.14. The van der Waals surface area contributed by atoms with Gasteiger partial charge in [-0.15, -0.1) is 0 Å². The van der Waals surface area contributed by atoms with Gasteiger partial charge in [-0.2, -0.15) is 0 Å². The van der Waals surface area contributed by atoms with E-state index in [1.165, 1.54) is 19.1 Å². The van der Waals surface area contributed by atoms with Gasteiger partial charge in [0.1, 0.15) is 0 Å². The molecule has 0 aliphatic rings. The Bertz CT molecular complexity index is 1070. The number of hydrogen-bond acceptors (Lipinski definition) is 5. The van der Waals surface area contributed by atoms with E-state index in [0.29, 0.717) is 22.4 Å². The van der Waals surface area contributed by atoms with E-state index in [9.17, 15) is 19.2 Å². The Morgan fingerprint density at radius 3 is 2.30 bits per heavy atom. The fraction of sp³-hybridized carbons (Fsp3) is 0.111. The maximum Gasteiger partial charge on any atom is 0.338 e. The summed E-state index contributed by atoms with van der Waals surface area (Å²) in [4.78, 5) is 51.3. The Balaban J connectivity index is 1.55. The Labute approximate surface area is 152 Å². The van der Waals surface area contributed by atoms with Crippen molar-refractivity contribution in [2.45, 2.75) is 6.92 Å². The molecule has 27 heavy (non-hydrogen) atoms. The molecule has 1 aromatic heterocycles. The van der Waals surface area contributed by atoms with Gasteiger partial charge in [0.05, 0.1) is 16.6 Å². The molecule has 4 N–H and O–H groups in total. The average molecular weight is 368 g/mol. The predicted octanol–water partition coefficient (Wildman–Crippen LogP) is 1.61. The van der Waals surface area contributed by atoms with Crippen LogP contribution in [-0.4, -0.2) is 34.4 Å². The smallest absolute Gasteiger partial charge is 0.338 e. The number of carbonyl (C=O) groups is 3. The summed E-state index contributed by atoms with van der Waals surface area (Å²) in [5, 5.41) is 5.16. The molecule has 0 saturated carbocycles. The molecular formula is C18H16N4O5. The summed E-state index contributed by atoms with van der Waals surface area (Å²) in [5.41, 5.74) is 2.09. The molecule has 0 radical (unpaired) electrons. The largest absolute Gasteiger partial charge is 0.452 e. The number of hydrogen-bond donors (Lipinski definition) is 4. The van der Waals surface area contributed by atoms with Crippen LogP contribution in [0.4, 0.5) is 11.4 Å². The fourth-order valence-corrected chi connectivity index (χ4v) is 2.41. The highest BCUT2D eigenvalue weighted by molar-refractivity contribution is 5.97. The van der Waals surface area contributed by atoms with E-state index < -0.39 is 18.5 Å². The van der Waals surface area contributed by atoms with Gasteiger partial charge in [-0.3, -0.25) is 9.59 Å². The zero-order chi connectivity index (χ0) is 19.4. The van der Waals surface area contributed by atoms with Crippen LogP contribution >= 0.6 is 0 Å². The standard InChI is InChI=1S/C18H16N4O5/c1-10(23)19-12-4-2-11(3-5-12)17(25)27-9-16(24)20-13-6-7-14-15(8-13)22-18(26)21-14/h2-8H,9H2,1H3,(H,19,23)(H,20,24)(H2,21,22,26). The van der Waals surface area contributed by atoms with Gasteiger partial charge in [-0.05, 0) is 42.5 Å². The number of ether oxygens (including phenoxy) is 1. The summed E-state index contributed by atoms with van der Waals surface area (Å²) < 4.78 is 4.97. The number of aromatic amines is 2.